The van der Waals surface area contributed by atoms with Crippen LogP contribution in [0.1, 0.15) is 11.1 Å². The van der Waals surface area contributed by atoms with Crippen molar-refractivity contribution in [3.63, 3.8) is 0 Å². The summed E-state index contributed by atoms with van der Waals surface area (Å²) in [6.07, 6.45) is 1.40. The van der Waals surface area contributed by atoms with E-state index in [4.69, 9.17) is 34.3 Å². The van der Waals surface area contributed by atoms with E-state index < -0.39 is 0 Å². The van der Waals surface area contributed by atoms with E-state index in [1.54, 1.807) is 6.07 Å². The third kappa shape index (κ3) is 2.94. The largest absolute Gasteiger partial charge is 0.383 e. The molecule has 0 fully saturated rings. The highest BCUT2D eigenvalue weighted by atomic mass is 35.5. The molecule has 0 amide bonds. The van der Waals surface area contributed by atoms with Gasteiger partial charge in [-0.05, 0) is 30.2 Å². The lowest BCUT2D eigenvalue weighted by molar-refractivity contribution is 1.16. The molecule has 0 saturated heterocycles. The summed E-state index contributed by atoms with van der Waals surface area (Å²) >= 11 is 11.7. The van der Waals surface area contributed by atoms with E-state index in [0.29, 0.717) is 16.3 Å². The van der Waals surface area contributed by atoms with Crippen LogP contribution in [0.5, 0.6) is 0 Å². The molecule has 5 nitrogen and oxygen atoms in total. The summed E-state index contributed by atoms with van der Waals surface area (Å²) in [5.41, 5.74) is 7.65. The van der Waals surface area contributed by atoms with Gasteiger partial charge in [0.2, 0.25) is 5.28 Å². The Hall–Kier alpha value is -1.85. The molecule has 0 aliphatic rings. The number of nitrogens with two attached hydrogens (primary N) is 1. The second-order valence-electron chi connectivity index (χ2n) is 3.87. The summed E-state index contributed by atoms with van der Waals surface area (Å²) in [4.78, 5) is 7.61. The van der Waals surface area contributed by atoms with Gasteiger partial charge in [0.25, 0.3) is 0 Å². The molecular weight excluding hydrogens is 285 g/mol. The topological polar surface area (TPSA) is 87.7 Å². The fourth-order valence-corrected chi connectivity index (χ4v) is 1.96. The molecule has 0 atom stereocenters. The molecular formula is C12H11Cl2N5. The number of anilines is 2. The van der Waals surface area contributed by atoms with E-state index in [-0.39, 0.29) is 16.9 Å². The van der Waals surface area contributed by atoms with Gasteiger partial charge in [-0.3, -0.25) is 5.41 Å². The van der Waals surface area contributed by atoms with Crippen LogP contribution in [0.4, 0.5) is 11.5 Å². The van der Waals surface area contributed by atoms with E-state index in [1.165, 1.54) is 6.20 Å². The molecule has 4 N–H and O–H groups in total. The molecule has 0 bridgehead atoms. The van der Waals surface area contributed by atoms with Gasteiger partial charge in [-0.1, -0.05) is 23.7 Å². The smallest absolute Gasteiger partial charge is 0.224 e. The Labute approximate surface area is 120 Å². The van der Waals surface area contributed by atoms with Crippen LogP contribution in [0.3, 0.4) is 0 Å². The van der Waals surface area contributed by atoms with Crippen LogP contribution in [0.25, 0.3) is 0 Å². The Kier molecular flexibility index (Phi) is 3.87. The number of rotatable bonds is 2. The molecule has 0 spiro atoms. The van der Waals surface area contributed by atoms with E-state index in [2.05, 4.69) is 15.3 Å². The Morgan fingerprint density at radius 1 is 1.37 bits per heavy atom. The molecule has 98 valence electrons. The number of aromatic nitrogens is 2. The van der Waals surface area contributed by atoms with Gasteiger partial charge < -0.3 is 11.1 Å². The van der Waals surface area contributed by atoms with Crippen LogP contribution < -0.4 is 11.1 Å². The lowest BCUT2D eigenvalue weighted by Crippen LogP contribution is -2.16. The van der Waals surface area contributed by atoms with Crippen LogP contribution in [-0.2, 0) is 0 Å². The maximum atomic E-state index is 8.00. The van der Waals surface area contributed by atoms with Crippen molar-refractivity contribution in [3.8, 4) is 0 Å². The average Bonchev–Trinajstić information content (AvgIpc) is 2.33. The molecule has 1 heterocycles. The Balaban J connectivity index is 2.31. The van der Waals surface area contributed by atoms with Crippen molar-refractivity contribution in [2.75, 3.05) is 11.1 Å². The number of aryl methyl sites for hydroxylation is 1. The number of amidine groups is 1. The van der Waals surface area contributed by atoms with Gasteiger partial charge in [0.1, 0.15) is 11.7 Å². The van der Waals surface area contributed by atoms with Crippen molar-refractivity contribution in [1.29, 1.82) is 5.41 Å². The first kappa shape index (κ1) is 13.6. The van der Waals surface area contributed by atoms with Crippen molar-refractivity contribution in [2.45, 2.75) is 6.92 Å². The van der Waals surface area contributed by atoms with Gasteiger partial charge in [-0.15, -0.1) is 0 Å². The standard InChI is InChI=1S/C12H11Cl2N5/c1-6-3-2-4-8(13)9(6)18-10(15)7-5-17-12(14)19-11(7)16/h2-5H,1H3,(H2,15,18)(H2,16,17,19). The monoisotopic (exact) mass is 295 g/mol. The van der Waals surface area contributed by atoms with Crippen LogP contribution in [0.2, 0.25) is 10.3 Å². The zero-order valence-corrected chi connectivity index (χ0v) is 11.5. The van der Waals surface area contributed by atoms with Crippen molar-refractivity contribution in [1.82, 2.24) is 9.97 Å². The number of hydrogen-bond donors (Lipinski definition) is 3. The summed E-state index contributed by atoms with van der Waals surface area (Å²) in [6, 6.07) is 5.47. The molecule has 7 heteroatoms. The van der Waals surface area contributed by atoms with E-state index in [1.807, 2.05) is 19.1 Å². The first-order valence-electron chi connectivity index (χ1n) is 5.38. The minimum atomic E-state index is 0.0444. The van der Waals surface area contributed by atoms with Crippen LogP contribution in [0.15, 0.2) is 24.4 Å². The van der Waals surface area contributed by atoms with Crippen molar-refractivity contribution in [3.05, 3.63) is 45.8 Å². The average molecular weight is 296 g/mol. The van der Waals surface area contributed by atoms with Crippen LogP contribution in [0, 0.1) is 12.3 Å². The lowest BCUT2D eigenvalue weighted by Gasteiger charge is -2.13. The number of hydrogen-bond acceptors (Lipinski definition) is 4. The highest BCUT2D eigenvalue weighted by molar-refractivity contribution is 6.34. The predicted octanol–water partition coefficient (Wildman–Crippen LogP) is 3.11. The van der Waals surface area contributed by atoms with Crippen molar-refractivity contribution < 1.29 is 0 Å². The zero-order valence-electron chi connectivity index (χ0n) is 10.0. The molecule has 0 aliphatic heterocycles. The van der Waals surface area contributed by atoms with Crippen molar-refractivity contribution in [2.24, 2.45) is 0 Å². The number of nitrogens with one attached hydrogen (secondary N) is 2. The SMILES string of the molecule is Cc1cccc(Cl)c1NC(=N)c1cnc(Cl)nc1N. The lowest BCUT2D eigenvalue weighted by atomic mass is 10.2. The molecule has 2 aromatic rings. The maximum absolute atomic E-state index is 8.00. The molecule has 0 aliphatic carbocycles. The fourth-order valence-electron chi connectivity index (χ4n) is 1.55. The Bertz CT molecular complexity index is 622. The molecule has 1 aromatic carbocycles. The summed E-state index contributed by atoms with van der Waals surface area (Å²) in [6.45, 7) is 1.89. The number of nitrogen functional groups attached to an aromatic ring is 1. The predicted molar refractivity (Wildman–Crippen MR) is 78.1 cm³/mol. The number of benzene rings is 1. The van der Waals surface area contributed by atoms with E-state index >= 15 is 0 Å². The summed E-state index contributed by atoms with van der Waals surface area (Å²) < 4.78 is 0. The fraction of sp³-hybridized carbons (Fsp3) is 0.0833. The Morgan fingerprint density at radius 3 is 2.74 bits per heavy atom. The molecule has 0 saturated carbocycles. The molecule has 1 aromatic heterocycles. The third-order valence-corrected chi connectivity index (χ3v) is 3.03. The van der Waals surface area contributed by atoms with Gasteiger partial charge in [-0.2, -0.15) is 0 Å². The first-order chi connectivity index (χ1) is 8.99. The number of nitrogens with zero attached hydrogens (tertiary/aromatic N) is 2. The third-order valence-electron chi connectivity index (χ3n) is 2.53. The van der Waals surface area contributed by atoms with E-state index in [9.17, 15) is 0 Å². The zero-order chi connectivity index (χ0) is 14.0. The quantitative estimate of drug-likeness (QED) is 0.451. The minimum absolute atomic E-state index is 0.0444. The normalized spacial score (nSPS) is 10.3. The van der Waals surface area contributed by atoms with E-state index in [0.717, 1.165) is 5.56 Å². The Morgan fingerprint density at radius 2 is 2.11 bits per heavy atom. The van der Waals surface area contributed by atoms with Crippen LogP contribution in [-0.4, -0.2) is 15.8 Å². The number of para-hydroxylation sites is 1. The number of halogens is 2. The summed E-state index contributed by atoms with van der Waals surface area (Å²) in [5, 5.41) is 11.5. The highest BCUT2D eigenvalue weighted by Gasteiger charge is 2.11. The molecule has 2 rings (SSSR count). The molecule has 0 radical (unpaired) electrons. The van der Waals surface area contributed by atoms with Gasteiger partial charge in [0.15, 0.2) is 0 Å². The summed E-state index contributed by atoms with van der Waals surface area (Å²) in [7, 11) is 0. The second kappa shape index (κ2) is 5.42. The van der Waals surface area contributed by atoms with Gasteiger partial charge in [0, 0.05) is 6.20 Å². The second-order valence-corrected chi connectivity index (χ2v) is 4.61. The van der Waals surface area contributed by atoms with Gasteiger partial charge in [0.05, 0.1) is 16.3 Å². The van der Waals surface area contributed by atoms with Crippen LogP contribution >= 0.6 is 23.2 Å². The maximum Gasteiger partial charge on any atom is 0.224 e. The van der Waals surface area contributed by atoms with Gasteiger partial charge >= 0.3 is 0 Å². The molecule has 19 heavy (non-hydrogen) atoms. The van der Waals surface area contributed by atoms with Crippen molar-refractivity contribution >= 4 is 40.5 Å². The first-order valence-corrected chi connectivity index (χ1v) is 6.13. The minimum Gasteiger partial charge on any atom is -0.383 e. The highest BCUT2D eigenvalue weighted by Crippen LogP contribution is 2.26. The summed E-state index contributed by atoms with van der Waals surface area (Å²) in [5.74, 6) is 0.201. The molecule has 0 unspecified atom stereocenters. The van der Waals surface area contributed by atoms with Gasteiger partial charge in [-0.25, -0.2) is 9.97 Å².